The fraction of sp³-hybridized carbons (Fsp3) is 0.350. The van der Waals surface area contributed by atoms with E-state index in [-0.39, 0.29) is 11.3 Å². The van der Waals surface area contributed by atoms with E-state index in [1.54, 1.807) is 12.1 Å². The minimum absolute atomic E-state index is 0.110. The van der Waals surface area contributed by atoms with E-state index in [0.717, 1.165) is 23.3 Å². The Hall–Kier alpha value is -2.30. The Labute approximate surface area is 145 Å². The highest BCUT2D eigenvalue weighted by molar-refractivity contribution is 5.89. The summed E-state index contributed by atoms with van der Waals surface area (Å²) in [6.45, 7) is 6.09. The molecule has 0 aliphatic rings. The monoisotopic (exact) mass is 350 g/mol. The first-order chi connectivity index (χ1) is 11.5. The summed E-state index contributed by atoms with van der Waals surface area (Å²) < 4.78 is 43.1. The van der Waals surface area contributed by atoms with E-state index >= 15 is 0 Å². The molecule has 0 radical (unpaired) electrons. The Morgan fingerprint density at radius 1 is 0.880 bits per heavy atom. The lowest BCUT2D eigenvalue weighted by molar-refractivity contribution is -0.137. The number of rotatable bonds is 3. The highest BCUT2D eigenvalue weighted by Crippen LogP contribution is 2.41. The van der Waals surface area contributed by atoms with Gasteiger partial charge in [-0.05, 0) is 40.8 Å². The van der Waals surface area contributed by atoms with Gasteiger partial charge in [-0.15, -0.1) is 0 Å². The van der Waals surface area contributed by atoms with Crippen molar-refractivity contribution < 1.29 is 22.7 Å². The van der Waals surface area contributed by atoms with Gasteiger partial charge in [0.2, 0.25) is 0 Å². The summed E-state index contributed by atoms with van der Waals surface area (Å²) in [6, 6.07) is 12.2. The van der Waals surface area contributed by atoms with Crippen LogP contribution in [-0.2, 0) is 10.9 Å². The molecule has 2 nitrogen and oxygen atoms in total. The molecule has 2 rings (SSSR count). The number of carbonyl (C=O) groups is 1. The minimum Gasteiger partial charge on any atom is -0.465 e. The predicted molar refractivity (Wildman–Crippen MR) is 90.5 cm³/mol. The molecule has 0 saturated carbocycles. The van der Waals surface area contributed by atoms with Crippen LogP contribution in [0.4, 0.5) is 13.2 Å². The van der Waals surface area contributed by atoms with E-state index in [1.165, 1.54) is 19.2 Å². The molecule has 0 bridgehead atoms. The van der Waals surface area contributed by atoms with Crippen LogP contribution < -0.4 is 0 Å². The molecule has 1 unspecified atom stereocenters. The van der Waals surface area contributed by atoms with Crippen LogP contribution in [0.3, 0.4) is 0 Å². The molecule has 0 heterocycles. The number of hydrogen-bond acceptors (Lipinski definition) is 2. The third kappa shape index (κ3) is 4.41. The largest absolute Gasteiger partial charge is 0.465 e. The van der Waals surface area contributed by atoms with Crippen molar-refractivity contribution in [3.8, 4) is 0 Å². The maximum Gasteiger partial charge on any atom is 0.416 e. The Balaban J connectivity index is 2.42. The van der Waals surface area contributed by atoms with Crippen LogP contribution in [0.15, 0.2) is 48.5 Å². The molecule has 0 fully saturated rings. The molecule has 1 atom stereocenters. The van der Waals surface area contributed by atoms with Crippen LogP contribution in [-0.4, -0.2) is 13.1 Å². The van der Waals surface area contributed by atoms with Crippen molar-refractivity contribution in [3.63, 3.8) is 0 Å². The number of halogens is 3. The number of alkyl halides is 3. The standard InChI is InChI=1S/C20H21F3O2/c1-19(2,3)17(13-5-7-15(8-6-13)18(24)25-4)14-9-11-16(12-10-14)20(21,22)23/h5-12,17H,1-4H3. The van der Waals surface area contributed by atoms with E-state index in [1.807, 2.05) is 32.9 Å². The van der Waals surface area contributed by atoms with Crippen molar-refractivity contribution in [2.24, 2.45) is 5.41 Å². The molecule has 0 aliphatic heterocycles. The van der Waals surface area contributed by atoms with Crippen molar-refractivity contribution in [3.05, 3.63) is 70.8 Å². The van der Waals surface area contributed by atoms with Gasteiger partial charge in [-0.2, -0.15) is 13.2 Å². The van der Waals surface area contributed by atoms with Crippen molar-refractivity contribution in [1.82, 2.24) is 0 Å². The average molecular weight is 350 g/mol. The van der Waals surface area contributed by atoms with Gasteiger partial charge >= 0.3 is 12.1 Å². The topological polar surface area (TPSA) is 26.3 Å². The molecule has 134 valence electrons. The normalized spacial score (nSPS) is 13.4. The van der Waals surface area contributed by atoms with Crippen LogP contribution in [0.2, 0.25) is 0 Å². The van der Waals surface area contributed by atoms with Gasteiger partial charge < -0.3 is 4.74 Å². The molecular weight excluding hydrogens is 329 g/mol. The molecule has 0 aromatic heterocycles. The Kier molecular flexibility index (Phi) is 5.26. The maximum atomic E-state index is 12.8. The zero-order chi connectivity index (χ0) is 18.8. The van der Waals surface area contributed by atoms with E-state index in [9.17, 15) is 18.0 Å². The zero-order valence-electron chi connectivity index (χ0n) is 14.6. The van der Waals surface area contributed by atoms with Crippen LogP contribution in [0, 0.1) is 5.41 Å². The van der Waals surface area contributed by atoms with E-state index in [4.69, 9.17) is 0 Å². The predicted octanol–water partition coefficient (Wildman–Crippen LogP) is 5.67. The number of carbonyl (C=O) groups excluding carboxylic acids is 1. The summed E-state index contributed by atoms with van der Waals surface area (Å²) >= 11 is 0. The molecular formula is C20H21F3O2. The molecule has 5 heteroatoms. The minimum atomic E-state index is -4.35. The van der Waals surface area contributed by atoms with E-state index in [2.05, 4.69) is 4.74 Å². The molecule has 0 amide bonds. The van der Waals surface area contributed by atoms with Gasteiger partial charge in [0.1, 0.15) is 0 Å². The highest BCUT2D eigenvalue weighted by atomic mass is 19.4. The first-order valence-electron chi connectivity index (χ1n) is 7.89. The second kappa shape index (κ2) is 6.90. The van der Waals surface area contributed by atoms with Crippen LogP contribution in [0.5, 0.6) is 0 Å². The second-order valence-corrected chi connectivity index (χ2v) is 7.03. The smallest absolute Gasteiger partial charge is 0.416 e. The molecule has 2 aromatic rings. The van der Waals surface area contributed by atoms with Crippen molar-refractivity contribution >= 4 is 5.97 Å². The SMILES string of the molecule is COC(=O)c1ccc(C(c2ccc(C(F)(F)F)cc2)C(C)(C)C)cc1. The number of hydrogen-bond donors (Lipinski definition) is 0. The van der Waals surface area contributed by atoms with Gasteiger partial charge in [0.15, 0.2) is 0 Å². The van der Waals surface area contributed by atoms with Crippen molar-refractivity contribution in [1.29, 1.82) is 0 Å². The number of methoxy groups -OCH3 is 1. The first-order valence-corrected chi connectivity index (χ1v) is 7.89. The maximum absolute atomic E-state index is 12.8. The van der Waals surface area contributed by atoms with Gasteiger partial charge in [-0.1, -0.05) is 45.0 Å². The number of ether oxygens (including phenoxy) is 1. The zero-order valence-corrected chi connectivity index (χ0v) is 14.6. The van der Waals surface area contributed by atoms with Crippen LogP contribution in [0.25, 0.3) is 0 Å². The third-order valence-corrected chi connectivity index (χ3v) is 4.10. The summed E-state index contributed by atoms with van der Waals surface area (Å²) in [5, 5.41) is 0. The van der Waals surface area contributed by atoms with Crippen LogP contribution >= 0.6 is 0 Å². The molecule has 0 saturated heterocycles. The van der Waals surface area contributed by atoms with Crippen molar-refractivity contribution in [2.75, 3.05) is 7.11 Å². The summed E-state index contributed by atoms with van der Waals surface area (Å²) in [7, 11) is 1.32. The van der Waals surface area contributed by atoms with Gasteiger partial charge in [0.25, 0.3) is 0 Å². The summed E-state index contributed by atoms with van der Waals surface area (Å²) in [4.78, 5) is 11.6. The second-order valence-electron chi connectivity index (χ2n) is 7.03. The van der Waals surface area contributed by atoms with E-state index < -0.39 is 17.7 Å². The van der Waals surface area contributed by atoms with Crippen LogP contribution in [0.1, 0.15) is 53.7 Å². The third-order valence-electron chi connectivity index (χ3n) is 4.10. The Morgan fingerprint density at radius 2 is 1.32 bits per heavy atom. The van der Waals surface area contributed by atoms with Gasteiger partial charge in [-0.25, -0.2) is 4.79 Å². The summed E-state index contributed by atoms with van der Waals surface area (Å²) in [6.07, 6.45) is -4.35. The van der Waals surface area contributed by atoms with Gasteiger partial charge in [0, 0.05) is 5.92 Å². The fourth-order valence-corrected chi connectivity index (χ4v) is 2.99. The molecule has 0 N–H and O–H groups in total. The molecule has 2 aromatic carbocycles. The first kappa shape index (κ1) is 19.0. The lowest BCUT2D eigenvalue weighted by Gasteiger charge is -2.32. The lowest BCUT2D eigenvalue weighted by Crippen LogP contribution is -2.20. The Bertz CT molecular complexity index is 724. The molecule has 0 aliphatic carbocycles. The highest BCUT2D eigenvalue weighted by Gasteiger charge is 2.32. The molecule has 0 spiro atoms. The summed E-state index contributed by atoms with van der Waals surface area (Å²) in [5.74, 6) is -0.533. The van der Waals surface area contributed by atoms with Gasteiger partial charge in [-0.3, -0.25) is 0 Å². The number of benzene rings is 2. The quantitative estimate of drug-likeness (QED) is 0.667. The van der Waals surface area contributed by atoms with Gasteiger partial charge in [0.05, 0.1) is 18.2 Å². The molecule has 25 heavy (non-hydrogen) atoms. The Morgan fingerprint density at radius 3 is 1.68 bits per heavy atom. The number of esters is 1. The lowest BCUT2D eigenvalue weighted by atomic mass is 9.72. The van der Waals surface area contributed by atoms with E-state index in [0.29, 0.717) is 5.56 Å². The van der Waals surface area contributed by atoms with Crippen molar-refractivity contribution in [2.45, 2.75) is 32.9 Å². The average Bonchev–Trinajstić information content (AvgIpc) is 2.53. The summed E-state index contributed by atoms with van der Waals surface area (Å²) in [5.41, 5.74) is 1.29. The fourth-order valence-electron chi connectivity index (χ4n) is 2.99.